The smallest absolute Gasteiger partial charge is 0.257 e. The summed E-state index contributed by atoms with van der Waals surface area (Å²) < 4.78 is 22.9. The predicted molar refractivity (Wildman–Crippen MR) is 145 cm³/mol. The van der Waals surface area contributed by atoms with Gasteiger partial charge in [0, 0.05) is 12.7 Å². The van der Waals surface area contributed by atoms with Crippen LogP contribution in [-0.4, -0.2) is 38.4 Å². The molecule has 1 amide bonds. The Morgan fingerprint density at radius 2 is 1.58 bits per heavy atom. The van der Waals surface area contributed by atoms with E-state index in [0.717, 1.165) is 16.7 Å². The lowest BCUT2D eigenvalue weighted by Gasteiger charge is -2.41. The molecule has 194 valence electrons. The van der Waals surface area contributed by atoms with Gasteiger partial charge in [-0.3, -0.25) is 4.79 Å². The van der Waals surface area contributed by atoms with Gasteiger partial charge in [0.1, 0.15) is 23.9 Å². The van der Waals surface area contributed by atoms with Crippen molar-refractivity contribution in [2.45, 2.75) is 18.3 Å². The standard InChI is InChI=1S/C31H29NO6/c1-35-23-14-12-22(13-15-23)31(34)27-26(32-30(33)29(31)37-3)17-16-25(21-10-7-11-24(18-21)36-2)28(27)38-19-20-8-5-4-6-9-20/h4-18,29,34H,19H2,1-3H3,(H,32,33). The fourth-order valence-corrected chi connectivity index (χ4v) is 4.90. The fraction of sp³-hybridized carbons (Fsp3) is 0.194. The van der Waals surface area contributed by atoms with E-state index in [1.807, 2.05) is 60.7 Å². The maximum atomic E-state index is 13.2. The molecule has 4 aromatic rings. The van der Waals surface area contributed by atoms with Crippen LogP contribution in [0.1, 0.15) is 16.7 Å². The van der Waals surface area contributed by atoms with Gasteiger partial charge < -0.3 is 29.4 Å². The van der Waals surface area contributed by atoms with Crippen LogP contribution >= 0.6 is 0 Å². The van der Waals surface area contributed by atoms with Crippen molar-refractivity contribution in [3.05, 3.63) is 108 Å². The zero-order valence-electron chi connectivity index (χ0n) is 21.4. The van der Waals surface area contributed by atoms with Crippen molar-refractivity contribution in [1.29, 1.82) is 0 Å². The Balaban J connectivity index is 1.76. The van der Waals surface area contributed by atoms with Gasteiger partial charge in [-0.2, -0.15) is 0 Å². The van der Waals surface area contributed by atoms with E-state index < -0.39 is 17.6 Å². The van der Waals surface area contributed by atoms with Gasteiger partial charge in [-0.05, 0) is 53.1 Å². The van der Waals surface area contributed by atoms with Gasteiger partial charge in [0.15, 0.2) is 11.7 Å². The van der Waals surface area contributed by atoms with Crippen LogP contribution in [0.5, 0.6) is 17.2 Å². The number of carbonyl (C=O) groups is 1. The van der Waals surface area contributed by atoms with E-state index in [9.17, 15) is 9.90 Å². The van der Waals surface area contributed by atoms with E-state index in [2.05, 4.69) is 5.32 Å². The third-order valence-corrected chi connectivity index (χ3v) is 6.79. The first-order valence-corrected chi connectivity index (χ1v) is 12.2. The van der Waals surface area contributed by atoms with Gasteiger partial charge in [0.2, 0.25) is 0 Å². The van der Waals surface area contributed by atoms with E-state index in [4.69, 9.17) is 18.9 Å². The lowest BCUT2D eigenvalue weighted by Crippen LogP contribution is -2.53. The quantitative estimate of drug-likeness (QED) is 0.340. The van der Waals surface area contributed by atoms with Crippen molar-refractivity contribution in [3.63, 3.8) is 0 Å². The van der Waals surface area contributed by atoms with Gasteiger partial charge in [0.05, 0.1) is 25.5 Å². The first-order valence-electron chi connectivity index (χ1n) is 12.2. The number of hydrogen-bond acceptors (Lipinski definition) is 6. The number of rotatable bonds is 8. The number of nitrogens with one attached hydrogen (secondary N) is 1. The maximum Gasteiger partial charge on any atom is 0.257 e. The summed E-state index contributed by atoms with van der Waals surface area (Å²) in [7, 11) is 4.58. The van der Waals surface area contributed by atoms with Crippen molar-refractivity contribution in [2.75, 3.05) is 26.6 Å². The third kappa shape index (κ3) is 4.47. The SMILES string of the molecule is COc1ccc(C2(O)c3c(ccc(-c4cccc(OC)c4)c3OCc3ccccc3)NC(=O)C2OC)cc1. The number of benzene rings is 4. The molecular formula is C31H29NO6. The number of aliphatic hydroxyl groups is 1. The maximum absolute atomic E-state index is 13.2. The fourth-order valence-electron chi connectivity index (χ4n) is 4.90. The van der Waals surface area contributed by atoms with Crippen LogP contribution in [0.3, 0.4) is 0 Å². The number of fused-ring (bicyclic) bond motifs is 1. The molecule has 1 heterocycles. The molecule has 2 unspecified atom stereocenters. The largest absolute Gasteiger partial charge is 0.497 e. The average Bonchev–Trinajstić information content (AvgIpc) is 2.96. The van der Waals surface area contributed by atoms with Gasteiger partial charge in [-0.15, -0.1) is 0 Å². The summed E-state index contributed by atoms with van der Waals surface area (Å²) in [5.74, 6) is 1.28. The van der Waals surface area contributed by atoms with E-state index in [0.29, 0.717) is 34.1 Å². The molecule has 7 heteroatoms. The summed E-state index contributed by atoms with van der Waals surface area (Å²) in [6, 6.07) is 27.9. The molecule has 0 aromatic heterocycles. The minimum Gasteiger partial charge on any atom is -0.497 e. The van der Waals surface area contributed by atoms with E-state index in [1.165, 1.54) is 7.11 Å². The van der Waals surface area contributed by atoms with Crippen molar-refractivity contribution in [1.82, 2.24) is 0 Å². The zero-order chi connectivity index (χ0) is 26.7. The Morgan fingerprint density at radius 3 is 2.26 bits per heavy atom. The average molecular weight is 512 g/mol. The van der Waals surface area contributed by atoms with Crippen molar-refractivity contribution >= 4 is 11.6 Å². The van der Waals surface area contributed by atoms with Gasteiger partial charge in [0.25, 0.3) is 5.91 Å². The normalized spacial score (nSPS) is 18.3. The summed E-state index contributed by atoms with van der Waals surface area (Å²) in [6.07, 6.45) is -1.23. The summed E-state index contributed by atoms with van der Waals surface area (Å²) >= 11 is 0. The highest BCUT2D eigenvalue weighted by Gasteiger charge is 2.52. The highest BCUT2D eigenvalue weighted by Crippen LogP contribution is 2.50. The highest BCUT2D eigenvalue weighted by atomic mass is 16.5. The van der Waals surface area contributed by atoms with E-state index >= 15 is 0 Å². The summed E-state index contributed by atoms with van der Waals surface area (Å²) in [5.41, 5.74) is 1.97. The molecule has 0 saturated heterocycles. The molecule has 0 spiro atoms. The number of anilines is 1. The lowest BCUT2D eigenvalue weighted by molar-refractivity contribution is -0.142. The number of amides is 1. The molecule has 2 N–H and O–H groups in total. The van der Waals surface area contributed by atoms with Crippen LogP contribution in [-0.2, 0) is 21.7 Å². The van der Waals surface area contributed by atoms with Gasteiger partial charge >= 0.3 is 0 Å². The summed E-state index contributed by atoms with van der Waals surface area (Å²) in [4.78, 5) is 13.2. The van der Waals surface area contributed by atoms with Crippen molar-refractivity contribution in [3.8, 4) is 28.4 Å². The lowest BCUT2D eigenvalue weighted by atomic mass is 9.76. The number of methoxy groups -OCH3 is 3. The summed E-state index contributed by atoms with van der Waals surface area (Å²) in [6.45, 7) is 0.249. The van der Waals surface area contributed by atoms with Crippen LogP contribution in [0.4, 0.5) is 5.69 Å². The topological polar surface area (TPSA) is 86.3 Å². The molecule has 0 fully saturated rings. The molecule has 0 radical (unpaired) electrons. The Labute approximate surface area is 221 Å². The van der Waals surface area contributed by atoms with Crippen molar-refractivity contribution < 1.29 is 28.8 Å². The van der Waals surface area contributed by atoms with Gasteiger partial charge in [-0.1, -0.05) is 54.6 Å². The molecule has 0 aliphatic carbocycles. The minimum atomic E-state index is -1.86. The Hall–Kier alpha value is -4.33. The van der Waals surface area contributed by atoms with Crippen LogP contribution in [0, 0.1) is 0 Å². The Morgan fingerprint density at radius 1 is 0.842 bits per heavy atom. The molecular weight excluding hydrogens is 482 g/mol. The molecule has 1 aliphatic rings. The molecule has 0 bridgehead atoms. The van der Waals surface area contributed by atoms with Crippen LogP contribution < -0.4 is 19.5 Å². The Kier molecular flexibility index (Phi) is 7.05. The minimum absolute atomic E-state index is 0.249. The molecule has 7 nitrogen and oxygen atoms in total. The second-order valence-electron chi connectivity index (χ2n) is 8.97. The predicted octanol–water partition coefficient (Wildman–Crippen LogP) is 5.15. The number of carbonyl (C=O) groups excluding carboxylic acids is 1. The molecule has 5 rings (SSSR count). The second-order valence-corrected chi connectivity index (χ2v) is 8.97. The van der Waals surface area contributed by atoms with Crippen LogP contribution in [0.15, 0.2) is 91.0 Å². The number of hydrogen-bond donors (Lipinski definition) is 2. The van der Waals surface area contributed by atoms with E-state index in [-0.39, 0.29) is 6.61 Å². The molecule has 2 atom stereocenters. The molecule has 4 aromatic carbocycles. The zero-order valence-corrected chi connectivity index (χ0v) is 21.4. The summed E-state index contributed by atoms with van der Waals surface area (Å²) in [5, 5.41) is 15.4. The Bertz CT molecular complexity index is 1440. The van der Waals surface area contributed by atoms with Crippen LogP contribution in [0.2, 0.25) is 0 Å². The molecule has 0 saturated carbocycles. The number of ether oxygens (including phenoxy) is 4. The van der Waals surface area contributed by atoms with Gasteiger partial charge in [-0.25, -0.2) is 0 Å². The molecule has 38 heavy (non-hydrogen) atoms. The molecule has 1 aliphatic heterocycles. The van der Waals surface area contributed by atoms with Crippen molar-refractivity contribution in [2.24, 2.45) is 0 Å². The first kappa shape index (κ1) is 25.3. The third-order valence-electron chi connectivity index (χ3n) is 6.79. The van der Waals surface area contributed by atoms with E-state index in [1.54, 1.807) is 44.6 Å². The first-order chi connectivity index (χ1) is 18.5. The second kappa shape index (κ2) is 10.6. The van der Waals surface area contributed by atoms with Crippen LogP contribution in [0.25, 0.3) is 11.1 Å². The highest BCUT2D eigenvalue weighted by molar-refractivity contribution is 6.01. The monoisotopic (exact) mass is 511 g/mol.